The summed E-state index contributed by atoms with van der Waals surface area (Å²) in [5.41, 5.74) is 5.17. The van der Waals surface area contributed by atoms with Crippen molar-refractivity contribution in [2.75, 3.05) is 18.4 Å². The molecule has 0 unspecified atom stereocenters. The largest absolute Gasteiger partial charge is 0.365 e. The predicted octanol–water partition coefficient (Wildman–Crippen LogP) is 1.79. The van der Waals surface area contributed by atoms with E-state index in [1.54, 1.807) is 4.90 Å². The normalized spacial score (nSPS) is 15.2. The molecule has 1 saturated heterocycles. The Morgan fingerprint density at radius 3 is 2.58 bits per heavy atom. The van der Waals surface area contributed by atoms with Crippen LogP contribution in [0.2, 0.25) is 0 Å². The van der Waals surface area contributed by atoms with Crippen LogP contribution in [0.1, 0.15) is 32.2 Å². The number of rotatable bonds is 4. The lowest BCUT2D eigenvalue weighted by Gasteiger charge is -2.30. The van der Waals surface area contributed by atoms with E-state index in [1.807, 2.05) is 17.5 Å². The predicted molar refractivity (Wildman–Crippen MR) is 92.2 cm³/mol. The topological polar surface area (TPSA) is 105 Å². The quantitative estimate of drug-likeness (QED) is 0.863. The molecule has 3 heterocycles. The molecule has 3 amide bonds. The van der Waals surface area contributed by atoms with Crippen LogP contribution in [0.4, 0.5) is 5.13 Å². The number of nitrogens with two attached hydrogens (primary N) is 1. The van der Waals surface area contributed by atoms with Gasteiger partial charge in [0.15, 0.2) is 5.13 Å². The number of hydrogen-bond acceptors (Lipinski definition) is 6. The van der Waals surface area contributed by atoms with Gasteiger partial charge in [-0.05, 0) is 24.3 Å². The molecule has 2 aromatic heterocycles. The molecule has 24 heavy (non-hydrogen) atoms. The van der Waals surface area contributed by atoms with Crippen molar-refractivity contribution in [3.63, 3.8) is 0 Å². The van der Waals surface area contributed by atoms with Crippen molar-refractivity contribution in [1.29, 1.82) is 0 Å². The number of thiazole rings is 1. The Balaban J connectivity index is 1.53. The molecule has 0 spiro atoms. The lowest BCUT2D eigenvalue weighted by atomic mass is 9.96. The summed E-state index contributed by atoms with van der Waals surface area (Å²) in [6, 6.07) is 3.66. The van der Waals surface area contributed by atoms with Crippen LogP contribution in [0.3, 0.4) is 0 Å². The van der Waals surface area contributed by atoms with Gasteiger partial charge < -0.3 is 16.0 Å². The van der Waals surface area contributed by atoms with E-state index < -0.39 is 5.91 Å². The van der Waals surface area contributed by atoms with Gasteiger partial charge in [0.1, 0.15) is 4.88 Å². The number of primary amides is 1. The van der Waals surface area contributed by atoms with Crippen LogP contribution in [0.25, 0.3) is 0 Å². The summed E-state index contributed by atoms with van der Waals surface area (Å²) in [6.07, 6.45) is 2.57. The van der Waals surface area contributed by atoms with E-state index in [-0.39, 0.29) is 17.7 Å². The number of nitrogens with zero attached hydrogens (tertiary/aromatic N) is 2. The first-order valence-corrected chi connectivity index (χ1v) is 9.13. The third-order valence-electron chi connectivity index (χ3n) is 3.86. The average Bonchev–Trinajstić information content (AvgIpc) is 3.26. The summed E-state index contributed by atoms with van der Waals surface area (Å²) in [5.74, 6) is -0.842. The Labute approximate surface area is 146 Å². The highest BCUT2D eigenvalue weighted by molar-refractivity contribution is 7.17. The van der Waals surface area contributed by atoms with Gasteiger partial charge in [0.25, 0.3) is 11.8 Å². The Hall–Kier alpha value is -2.26. The molecule has 126 valence electrons. The van der Waals surface area contributed by atoms with Crippen molar-refractivity contribution in [3.8, 4) is 0 Å². The molecular formula is C15H16N4O3S2. The fourth-order valence-electron chi connectivity index (χ4n) is 2.55. The molecule has 3 rings (SSSR count). The molecule has 0 aromatic carbocycles. The Morgan fingerprint density at radius 1 is 1.25 bits per heavy atom. The number of carbonyl (C=O) groups is 3. The van der Waals surface area contributed by atoms with E-state index in [0.717, 1.165) is 16.2 Å². The number of amides is 3. The van der Waals surface area contributed by atoms with E-state index in [4.69, 9.17) is 5.73 Å². The molecule has 0 saturated carbocycles. The van der Waals surface area contributed by atoms with Crippen LogP contribution in [0.5, 0.6) is 0 Å². The first-order valence-electron chi connectivity index (χ1n) is 7.44. The zero-order valence-electron chi connectivity index (χ0n) is 12.7. The smallest absolute Gasteiger partial charge is 0.263 e. The number of hydrogen-bond donors (Lipinski definition) is 2. The maximum absolute atomic E-state index is 12.3. The summed E-state index contributed by atoms with van der Waals surface area (Å²) in [7, 11) is 0. The molecule has 2 aromatic rings. The van der Waals surface area contributed by atoms with E-state index >= 15 is 0 Å². The molecule has 1 aliphatic rings. The van der Waals surface area contributed by atoms with Crippen molar-refractivity contribution in [2.45, 2.75) is 12.8 Å². The number of thiophene rings is 1. The Kier molecular flexibility index (Phi) is 4.91. The number of carbonyl (C=O) groups excluding carboxylic acids is 3. The molecule has 9 heteroatoms. The highest BCUT2D eigenvalue weighted by atomic mass is 32.1. The maximum atomic E-state index is 12.3. The monoisotopic (exact) mass is 364 g/mol. The van der Waals surface area contributed by atoms with Gasteiger partial charge in [-0.15, -0.1) is 11.3 Å². The van der Waals surface area contributed by atoms with Crippen LogP contribution >= 0.6 is 22.7 Å². The number of nitrogens with one attached hydrogen (secondary N) is 1. The highest BCUT2D eigenvalue weighted by Gasteiger charge is 2.28. The van der Waals surface area contributed by atoms with Crippen molar-refractivity contribution < 1.29 is 14.4 Å². The van der Waals surface area contributed by atoms with Gasteiger partial charge in [0.2, 0.25) is 5.91 Å². The molecule has 1 fully saturated rings. The molecule has 0 atom stereocenters. The van der Waals surface area contributed by atoms with E-state index in [1.165, 1.54) is 17.5 Å². The van der Waals surface area contributed by atoms with E-state index in [9.17, 15) is 14.4 Å². The fraction of sp³-hybridized carbons (Fsp3) is 0.333. The molecule has 3 N–H and O–H groups in total. The van der Waals surface area contributed by atoms with Crippen LogP contribution in [0, 0.1) is 5.92 Å². The van der Waals surface area contributed by atoms with Crippen LogP contribution in [0.15, 0.2) is 23.7 Å². The minimum atomic E-state index is -0.562. The standard InChI is InChI=1S/C15H16N4O3S2/c16-12(20)11-8-17-15(24-11)18-13(21)9-3-5-19(6-4-9)14(22)10-2-1-7-23-10/h1-2,7-9H,3-6H2,(H2,16,20)(H,17,18,21). The van der Waals surface area contributed by atoms with Gasteiger partial charge in [-0.3, -0.25) is 14.4 Å². The van der Waals surface area contributed by atoms with Gasteiger partial charge in [-0.25, -0.2) is 4.98 Å². The van der Waals surface area contributed by atoms with Gasteiger partial charge in [0.05, 0.1) is 11.1 Å². The van der Waals surface area contributed by atoms with E-state index in [2.05, 4.69) is 10.3 Å². The summed E-state index contributed by atoms with van der Waals surface area (Å²) >= 11 is 2.48. The van der Waals surface area contributed by atoms with Crippen molar-refractivity contribution in [1.82, 2.24) is 9.88 Å². The van der Waals surface area contributed by atoms with Crippen LogP contribution in [-0.2, 0) is 4.79 Å². The lowest BCUT2D eigenvalue weighted by Crippen LogP contribution is -2.41. The number of piperidine rings is 1. The molecule has 0 radical (unpaired) electrons. The maximum Gasteiger partial charge on any atom is 0.263 e. The zero-order chi connectivity index (χ0) is 17.1. The van der Waals surface area contributed by atoms with Crippen molar-refractivity contribution in [2.24, 2.45) is 11.7 Å². The molecular weight excluding hydrogens is 348 g/mol. The highest BCUT2D eigenvalue weighted by Crippen LogP contribution is 2.23. The molecule has 0 bridgehead atoms. The number of aromatic nitrogens is 1. The van der Waals surface area contributed by atoms with Gasteiger partial charge in [-0.2, -0.15) is 0 Å². The fourth-order valence-corrected chi connectivity index (χ4v) is 3.92. The third kappa shape index (κ3) is 3.62. The lowest BCUT2D eigenvalue weighted by molar-refractivity contribution is -0.121. The summed E-state index contributed by atoms with van der Waals surface area (Å²) < 4.78 is 0. The second-order valence-corrected chi connectivity index (χ2v) is 7.41. The average molecular weight is 364 g/mol. The zero-order valence-corrected chi connectivity index (χ0v) is 14.4. The van der Waals surface area contributed by atoms with Crippen molar-refractivity contribution >= 4 is 45.5 Å². The van der Waals surface area contributed by atoms with Gasteiger partial charge in [0, 0.05) is 19.0 Å². The van der Waals surface area contributed by atoms with E-state index in [0.29, 0.717) is 35.9 Å². The Bertz CT molecular complexity index is 749. The summed E-state index contributed by atoms with van der Waals surface area (Å²) in [5, 5.41) is 4.96. The minimum Gasteiger partial charge on any atom is -0.365 e. The minimum absolute atomic E-state index is 0.0230. The van der Waals surface area contributed by atoms with Gasteiger partial charge >= 0.3 is 0 Å². The van der Waals surface area contributed by atoms with Crippen LogP contribution < -0.4 is 11.1 Å². The number of likely N-dealkylation sites (tertiary alicyclic amines) is 1. The molecule has 1 aliphatic heterocycles. The first kappa shape index (κ1) is 16.6. The SMILES string of the molecule is NC(=O)c1cnc(NC(=O)C2CCN(C(=O)c3cccs3)CC2)s1. The Morgan fingerprint density at radius 2 is 2.00 bits per heavy atom. The summed E-state index contributed by atoms with van der Waals surface area (Å²) in [4.78, 5) is 42.4. The molecule has 7 nitrogen and oxygen atoms in total. The first-order chi connectivity index (χ1) is 11.5. The number of anilines is 1. The third-order valence-corrected chi connectivity index (χ3v) is 5.65. The summed E-state index contributed by atoms with van der Waals surface area (Å²) in [6.45, 7) is 1.11. The second-order valence-electron chi connectivity index (χ2n) is 5.43. The van der Waals surface area contributed by atoms with Crippen LogP contribution in [-0.4, -0.2) is 40.7 Å². The second kappa shape index (κ2) is 7.10. The van der Waals surface area contributed by atoms with Gasteiger partial charge in [-0.1, -0.05) is 17.4 Å². The van der Waals surface area contributed by atoms with Crippen molar-refractivity contribution in [3.05, 3.63) is 33.5 Å². The molecule has 0 aliphatic carbocycles.